The number of carboxylic acids is 1. The third-order valence-electron chi connectivity index (χ3n) is 8.14. The van der Waals surface area contributed by atoms with Gasteiger partial charge in [0, 0.05) is 30.3 Å². The highest BCUT2D eigenvalue weighted by atomic mass is 32.1. The maximum atomic E-state index is 13.9. The number of hydrogen-bond acceptors (Lipinski definition) is 7. The van der Waals surface area contributed by atoms with E-state index in [0.717, 1.165) is 45.1 Å². The summed E-state index contributed by atoms with van der Waals surface area (Å²) in [6.07, 6.45) is 7.45. The molecule has 1 saturated heterocycles. The first kappa shape index (κ1) is 29.4. The minimum Gasteiger partial charge on any atom is -0.477 e. The number of alkyl carbamates (subject to hydrolysis) is 1. The number of ether oxygens (including phenoxy) is 1. The van der Waals surface area contributed by atoms with Crippen LogP contribution in [0.25, 0.3) is 0 Å². The first-order valence-corrected chi connectivity index (χ1v) is 15.1. The summed E-state index contributed by atoms with van der Waals surface area (Å²) in [6.45, 7) is 9.37. The van der Waals surface area contributed by atoms with Crippen molar-refractivity contribution in [2.45, 2.75) is 109 Å². The average Bonchev–Trinajstić information content (AvgIpc) is 3.49. The molecule has 2 saturated carbocycles. The molecule has 2 aliphatic carbocycles. The van der Waals surface area contributed by atoms with E-state index in [1.165, 1.54) is 11.3 Å². The monoisotopic (exact) mass is 557 g/mol. The van der Waals surface area contributed by atoms with Crippen LogP contribution in [0.5, 0.6) is 0 Å². The highest BCUT2D eigenvalue weighted by Crippen LogP contribution is 2.38. The van der Waals surface area contributed by atoms with E-state index in [0.29, 0.717) is 42.8 Å². The summed E-state index contributed by atoms with van der Waals surface area (Å²) < 4.78 is 5.82. The number of ketones is 1. The van der Waals surface area contributed by atoms with E-state index in [1.54, 1.807) is 0 Å². The Morgan fingerprint density at radius 2 is 1.79 bits per heavy atom. The SMILES string of the molecule is CC(C)(C)C#Cc1cc(N[C@H]2CC[C@@](NC(=O)OC3(C)CCNC3)(C(=O)C3CCCCC3)CC2)c(C(=O)O)s1. The van der Waals surface area contributed by atoms with Gasteiger partial charge in [-0.25, -0.2) is 9.59 Å². The van der Waals surface area contributed by atoms with Crippen LogP contribution in [0.1, 0.15) is 106 Å². The van der Waals surface area contributed by atoms with Gasteiger partial charge in [0.15, 0.2) is 5.78 Å². The van der Waals surface area contributed by atoms with E-state index in [2.05, 4.69) is 27.8 Å². The summed E-state index contributed by atoms with van der Waals surface area (Å²) in [5, 5.41) is 19.5. The third kappa shape index (κ3) is 7.55. The van der Waals surface area contributed by atoms with Gasteiger partial charge >= 0.3 is 12.1 Å². The zero-order valence-electron chi connectivity index (χ0n) is 23.7. The van der Waals surface area contributed by atoms with Crippen molar-refractivity contribution in [1.82, 2.24) is 10.6 Å². The van der Waals surface area contributed by atoms with Crippen LogP contribution in [-0.2, 0) is 9.53 Å². The molecule has 214 valence electrons. The average molecular weight is 558 g/mol. The molecule has 4 N–H and O–H groups in total. The lowest BCUT2D eigenvalue weighted by Gasteiger charge is -2.42. The van der Waals surface area contributed by atoms with E-state index < -0.39 is 23.2 Å². The Balaban J connectivity index is 1.48. The summed E-state index contributed by atoms with van der Waals surface area (Å²) in [5.74, 6) is 5.39. The number of nitrogens with one attached hydrogen (secondary N) is 3. The lowest BCUT2D eigenvalue weighted by Crippen LogP contribution is -2.60. The zero-order chi connectivity index (χ0) is 28.3. The van der Waals surface area contributed by atoms with Gasteiger partial charge in [0.2, 0.25) is 0 Å². The number of thiophene rings is 1. The van der Waals surface area contributed by atoms with Crippen LogP contribution < -0.4 is 16.0 Å². The Hall–Kier alpha value is -2.57. The summed E-state index contributed by atoms with van der Waals surface area (Å²) in [7, 11) is 0. The summed E-state index contributed by atoms with van der Waals surface area (Å²) >= 11 is 1.17. The van der Waals surface area contributed by atoms with Crippen LogP contribution in [0.2, 0.25) is 0 Å². The molecule has 0 radical (unpaired) electrons. The van der Waals surface area contributed by atoms with Crippen LogP contribution in [0.4, 0.5) is 10.5 Å². The molecule has 1 aliphatic heterocycles. The van der Waals surface area contributed by atoms with E-state index in [-0.39, 0.29) is 28.0 Å². The number of carbonyl (C=O) groups is 3. The Kier molecular flexibility index (Phi) is 8.97. The number of hydrogen-bond donors (Lipinski definition) is 4. The predicted octanol–water partition coefficient (Wildman–Crippen LogP) is 5.56. The summed E-state index contributed by atoms with van der Waals surface area (Å²) in [6, 6.07) is 1.80. The minimum absolute atomic E-state index is 0.0113. The number of Topliss-reactive ketones (excluding diaryl/α,β-unsaturated/α-hetero) is 1. The second-order valence-electron chi connectivity index (χ2n) is 12.7. The molecule has 0 spiro atoms. The largest absolute Gasteiger partial charge is 0.477 e. The molecule has 39 heavy (non-hydrogen) atoms. The van der Waals surface area contributed by atoms with E-state index in [1.807, 2.05) is 33.8 Å². The van der Waals surface area contributed by atoms with Gasteiger partial charge in [-0.05, 0) is 78.8 Å². The molecule has 1 aromatic heterocycles. The molecule has 8 nitrogen and oxygen atoms in total. The molecule has 3 fully saturated rings. The molecule has 0 bridgehead atoms. The number of carbonyl (C=O) groups excluding carboxylic acids is 2. The highest BCUT2D eigenvalue weighted by Gasteiger charge is 2.47. The molecule has 1 amide bonds. The van der Waals surface area contributed by atoms with Crippen molar-refractivity contribution < 1.29 is 24.2 Å². The number of anilines is 1. The molecule has 1 atom stereocenters. The van der Waals surface area contributed by atoms with Crippen LogP contribution in [0.3, 0.4) is 0 Å². The van der Waals surface area contributed by atoms with Gasteiger partial charge in [-0.3, -0.25) is 4.79 Å². The first-order valence-electron chi connectivity index (χ1n) is 14.3. The number of aromatic carboxylic acids is 1. The van der Waals surface area contributed by atoms with Crippen molar-refractivity contribution in [3.63, 3.8) is 0 Å². The van der Waals surface area contributed by atoms with Gasteiger partial charge in [0.1, 0.15) is 16.0 Å². The molecule has 1 aromatic rings. The highest BCUT2D eigenvalue weighted by molar-refractivity contribution is 7.15. The van der Waals surface area contributed by atoms with Gasteiger partial charge in [-0.1, -0.05) is 31.1 Å². The second kappa shape index (κ2) is 11.9. The summed E-state index contributed by atoms with van der Waals surface area (Å²) in [5.41, 5.74) is -1.14. The van der Waals surface area contributed by atoms with Crippen molar-refractivity contribution in [2.24, 2.45) is 11.3 Å². The van der Waals surface area contributed by atoms with Gasteiger partial charge in [-0.15, -0.1) is 11.3 Å². The van der Waals surface area contributed by atoms with Crippen LogP contribution >= 0.6 is 11.3 Å². The predicted molar refractivity (Wildman–Crippen MR) is 153 cm³/mol. The minimum atomic E-state index is -0.983. The van der Waals surface area contributed by atoms with Crippen LogP contribution in [0, 0.1) is 23.2 Å². The fourth-order valence-corrected chi connectivity index (χ4v) is 6.77. The Morgan fingerprint density at radius 3 is 2.38 bits per heavy atom. The molecule has 2 heterocycles. The standard InChI is InChI=1S/C30H43N3O5S/c1-28(2,3)13-12-22-18-23(24(39-22)26(35)36)32-21-10-14-30(15-11-21,25(34)20-8-6-5-7-9-20)33-27(37)38-29(4)16-17-31-19-29/h18,20-21,31-32H,5-11,14-17,19H2,1-4H3,(H,33,37)(H,35,36)/t21-,29?,30-. The van der Waals surface area contributed by atoms with Crippen LogP contribution in [-0.4, -0.2) is 53.2 Å². The second-order valence-corrected chi connectivity index (χ2v) is 13.8. The molecule has 3 aliphatic rings. The number of amides is 1. The van der Waals surface area contributed by atoms with Crippen molar-refractivity contribution in [1.29, 1.82) is 0 Å². The molecule has 4 rings (SSSR count). The molecule has 9 heteroatoms. The molecule has 1 unspecified atom stereocenters. The Morgan fingerprint density at radius 1 is 1.10 bits per heavy atom. The number of carboxylic acid groups (broad SMARTS) is 1. The fraction of sp³-hybridized carbons (Fsp3) is 0.700. The maximum absolute atomic E-state index is 13.9. The zero-order valence-corrected chi connectivity index (χ0v) is 24.5. The van der Waals surface area contributed by atoms with Crippen molar-refractivity contribution in [3.05, 3.63) is 15.8 Å². The van der Waals surface area contributed by atoms with Crippen molar-refractivity contribution in [2.75, 3.05) is 18.4 Å². The lowest BCUT2D eigenvalue weighted by atomic mass is 9.70. The fourth-order valence-electron chi connectivity index (χ4n) is 5.96. The van der Waals surface area contributed by atoms with Gasteiger partial charge < -0.3 is 25.8 Å². The molecular formula is C30H43N3O5S. The van der Waals surface area contributed by atoms with Gasteiger partial charge in [0.05, 0.1) is 10.6 Å². The van der Waals surface area contributed by atoms with E-state index in [4.69, 9.17) is 4.74 Å². The maximum Gasteiger partial charge on any atom is 0.408 e. The van der Waals surface area contributed by atoms with Gasteiger partial charge in [-0.2, -0.15) is 0 Å². The Labute approximate surface area is 236 Å². The normalized spacial score (nSPS) is 27.7. The molecular weight excluding hydrogens is 514 g/mol. The smallest absolute Gasteiger partial charge is 0.408 e. The van der Waals surface area contributed by atoms with Crippen LogP contribution in [0.15, 0.2) is 6.07 Å². The number of rotatable bonds is 7. The van der Waals surface area contributed by atoms with Gasteiger partial charge in [0.25, 0.3) is 0 Å². The summed E-state index contributed by atoms with van der Waals surface area (Å²) in [4.78, 5) is 39.9. The quantitative estimate of drug-likeness (QED) is 0.324. The van der Waals surface area contributed by atoms with E-state index >= 15 is 0 Å². The van der Waals surface area contributed by atoms with Crippen molar-refractivity contribution >= 4 is 34.9 Å². The topological polar surface area (TPSA) is 117 Å². The third-order valence-corrected chi connectivity index (χ3v) is 9.18. The Bertz CT molecular complexity index is 1120. The lowest BCUT2D eigenvalue weighted by molar-refractivity contribution is -0.132. The van der Waals surface area contributed by atoms with Crippen molar-refractivity contribution in [3.8, 4) is 11.8 Å². The van der Waals surface area contributed by atoms with E-state index in [9.17, 15) is 19.5 Å². The first-order chi connectivity index (χ1) is 18.4. The molecule has 0 aromatic carbocycles.